The molecule has 166 valence electrons. The number of nitro groups is 1. The smallest absolute Gasteiger partial charge is 0.335 e. The molecule has 2 atom stereocenters. The van der Waals surface area contributed by atoms with Gasteiger partial charge in [-0.2, -0.15) is 0 Å². The molecule has 32 heavy (non-hydrogen) atoms. The van der Waals surface area contributed by atoms with E-state index < -0.39 is 34.2 Å². The number of nitrogens with zero attached hydrogens (tertiary/aromatic N) is 3. The van der Waals surface area contributed by atoms with Crippen LogP contribution in [0.1, 0.15) is 25.3 Å². The van der Waals surface area contributed by atoms with E-state index in [1.54, 1.807) is 31.3 Å². The van der Waals surface area contributed by atoms with Gasteiger partial charge in [0.15, 0.2) is 5.41 Å². The first-order chi connectivity index (χ1) is 15.2. The van der Waals surface area contributed by atoms with Gasteiger partial charge < -0.3 is 4.90 Å². The molecule has 0 saturated carbocycles. The number of nitro benzene ring substituents is 1. The normalized spacial score (nSPS) is 22.7. The lowest BCUT2D eigenvalue weighted by molar-refractivity contribution is -0.384. The van der Waals surface area contributed by atoms with E-state index in [4.69, 9.17) is 11.6 Å². The molecule has 2 aromatic rings. The van der Waals surface area contributed by atoms with Crippen LogP contribution in [0.15, 0.2) is 42.5 Å². The van der Waals surface area contributed by atoms with Crippen LogP contribution in [0.5, 0.6) is 0 Å². The Morgan fingerprint density at radius 1 is 1.22 bits per heavy atom. The fourth-order valence-electron chi connectivity index (χ4n) is 4.75. The first kappa shape index (κ1) is 21.8. The van der Waals surface area contributed by atoms with E-state index in [1.807, 2.05) is 11.8 Å². The molecular weight excluding hydrogens is 436 g/mol. The van der Waals surface area contributed by atoms with Gasteiger partial charge in [0, 0.05) is 36.3 Å². The van der Waals surface area contributed by atoms with Crippen LogP contribution in [0.3, 0.4) is 0 Å². The average molecular weight is 457 g/mol. The third-order valence-electron chi connectivity index (χ3n) is 6.20. The summed E-state index contributed by atoms with van der Waals surface area (Å²) in [6, 6.07) is 9.28. The minimum absolute atomic E-state index is 0.0615. The maximum absolute atomic E-state index is 13.9. The van der Waals surface area contributed by atoms with Crippen LogP contribution in [0.4, 0.5) is 21.9 Å². The van der Waals surface area contributed by atoms with Crippen LogP contribution in [0, 0.1) is 15.5 Å². The minimum atomic E-state index is -1.64. The number of anilines is 2. The molecule has 4 amide bonds. The van der Waals surface area contributed by atoms with E-state index in [9.17, 15) is 24.5 Å². The Labute approximate surface area is 189 Å². The maximum atomic E-state index is 13.9. The SMILES string of the molecule is CCC[C@@H]1N(C)c2ccc([N+](=O)[O-])cc2C[C@@]12C(=O)NC(=O)N(c1cccc(Cl)c1)C2=O. The maximum Gasteiger partial charge on any atom is 0.335 e. The van der Waals surface area contributed by atoms with Gasteiger partial charge in [0.25, 0.3) is 11.6 Å². The number of non-ortho nitro benzene ring substituents is 1. The molecule has 1 spiro atoms. The standard InChI is InChI=1S/C22H21ClN4O5/c1-3-5-18-22(12-13-10-16(27(31)32)8-9-17(13)25(18)2)19(28)24-21(30)26(20(22)29)15-7-4-6-14(23)11-15/h4,6-11,18H,3,5,12H2,1-2H3,(H,24,28,30)/t18-,22-/m0/s1. The zero-order valence-electron chi connectivity index (χ0n) is 17.5. The number of nitrogens with one attached hydrogen (secondary N) is 1. The molecule has 0 aromatic heterocycles. The van der Waals surface area contributed by atoms with Crippen molar-refractivity contribution >= 4 is 46.5 Å². The zero-order valence-corrected chi connectivity index (χ0v) is 18.3. The van der Waals surface area contributed by atoms with Crippen molar-refractivity contribution in [1.82, 2.24) is 5.32 Å². The quantitative estimate of drug-likeness (QED) is 0.426. The van der Waals surface area contributed by atoms with Crippen LogP contribution >= 0.6 is 11.6 Å². The first-order valence-electron chi connectivity index (χ1n) is 10.2. The lowest BCUT2D eigenvalue weighted by Gasteiger charge is -2.50. The molecule has 4 rings (SSSR count). The molecule has 0 bridgehead atoms. The fourth-order valence-corrected chi connectivity index (χ4v) is 4.94. The second kappa shape index (κ2) is 7.90. The summed E-state index contributed by atoms with van der Waals surface area (Å²) in [4.78, 5) is 53.5. The number of benzene rings is 2. The summed E-state index contributed by atoms with van der Waals surface area (Å²) in [5, 5.41) is 14.0. The molecule has 1 N–H and O–H groups in total. The molecule has 0 unspecified atom stereocenters. The molecule has 2 aliphatic heterocycles. The van der Waals surface area contributed by atoms with Crippen LogP contribution in [-0.4, -0.2) is 35.9 Å². The van der Waals surface area contributed by atoms with Crippen molar-refractivity contribution in [1.29, 1.82) is 0 Å². The van der Waals surface area contributed by atoms with E-state index in [-0.39, 0.29) is 17.8 Å². The molecule has 0 radical (unpaired) electrons. The third-order valence-corrected chi connectivity index (χ3v) is 6.44. The summed E-state index contributed by atoms with van der Waals surface area (Å²) in [5.74, 6) is -1.37. The number of fused-ring (bicyclic) bond motifs is 1. The average Bonchev–Trinajstić information content (AvgIpc) is 2.74. The molecule has 10 heteroatoms. The number of hydrogen-bond acceptors (Lipinski definition) is 6. The predicted molar refractivity (Wildman–Crippen MR) is 119 cm³/mol. The summed E-state index contributed by atoms with van der Waals surface area (Å²) in [6.07, 6.45) is 1.13. The molecule has 0 aliphatic carbocycles. The Bertz CT molecular complexity index is 1150. The number of carbonyl (C=O) groups is 3. The number of barbiturate groups is 1. The highest BCUT2D eigenvalue weighted by molar-refractivity contribution is 6.33. The van der Waals surface area contributed by atoms with Crippen LogP contribution in [-0.2, 0) is 16.0 Å². The van der Waals surface area contributed by atoms with Crippen molar-refractivity contribution < 1.29 is 19.3 Å². The molecule has 1 fully saturated rings. The number of halogens is 1. The van der Waals surface area contributed by atoms with Gasteiger partial charge in [-0.25, -0.2) is 9.69 Å². The second-order valence-electron chi connectivity index (χ2n) is 8.01. The Morgan fingerprint density at radius 2 is 1.97 bits per heavy atom. The summed E-state index contributed by atoms with van der Waals surface area (Å²) in [5.41, 5.74) is -0.310. The number of urea groups is 1. The van der Waals surface area contributed by atoms with Crippen LogP contribution in [0.2, 0.25) is 5.02 Å². The highest BCUT2D eigenvalue weighted by atomic mass is 35.5. The van der Waals surface area contributed by atoms with E-state index in [0.717, 1.165) is 4.90 Å². The third kappa shape index (κ3) is 3.20. The van der Waals surface area contributed by atoms with Gasteiger partial charge in [0.2, 0.25) is 5.91 Å². The number of amides is 4. The van der Waals surface area contributed by atoms with Crippen LogP contribution < -0.4 is 15.1 Å². The summed E-state index contributed by atoms with van der Waals surface area (Å²) in [7, 11) is 1.76. The topological polar surface area (TPSA) is 113 Å². The highest BCUT2D eigenvalue weighted by Gasteiger charge is 2.61. The zero-order chi connectivity index (χ0) is 23.2. The highest BCUT2D eigenvalue weighted by Crippen LogP contribution is 2.46. The predicted octanol–water partition coefficient (Wildman–Crippen LogP) is 3.68. The van der Waals surface area contributed by atoms with Crippen molar-refractivity contribution in [2.24, 2.45) is 5.41 Å². The van der Waals surface area contributed by atoms with E-state index in [2.05, 4.69) is 5.32 Å². The Balaban J connectivity index is 1.90. The Hall–Kier alpha value is -3.46. The van der Waals surface area contributed by atoms with Gasteiger partial charge in [-0.15, -0.1) is 0 Å². The number of imide groups is 2. The van der Waals surface area contributed by atoms with Crippen molar-refractivity contribution in [3.63, 3.8) is 0 Å². The molecule has 1 saturated heterocycles. The molecular formula is C22H21ClN4O5. The van der Waals surface area contributed by atoms with Gasteiger partial charge in [-0.3, -0.25) is 25.0 Å². The van der Waals surface area contributed by atoms with Gasteiger partial charge >= 0.3 is 6.03 Å². The van der Waals surface area contributed by atoms with Crippen molar-refractivity contribution in [2.75, 3.05) is 16.8 Å². The monoisotopic (exact) mass is 456 g/mol. The molecule has 2 aliphatic rings. The van der Waals surface area contributed by atoms with E-state index >= 15 is 0 Å². The summed E-state index contributed by atoms with van der Waals surface area (Å²) >= 11 is 6.07. The Kier molecular flexibility index (Phi) is 5.37. The van der Waals surface area contributed by atoms with E-state index in [0.29, 0.717) is 29.1 Å². The van der Waals surface area contributed by atoms with Gasteiger partial charge in [0.1, 0.15) is 0 Å². The van der Waals surface area contributed by atoms with Gasteiger partial charge in [0.05, 0.1) is 16.7 Å². The van der Waals surface area contributed by atoms with Crippen molar-refractivity contribution in [2.45, 2.75) is 32.2 Å². The molecule has 2 heterocycles. The second-order valence-corrected chi connectivity index (χ2v) is 8.45. The summed E-state index contributed by atoms with van der Waals surface area (Å²) < 4.78 is 0. The largest absolute Gasteiger partial charge is 0.370 e. The Morgan fingerprint density at radius 3 is 2.62 bits per heavy atom. The summed E-state index contributed by atoms with van der Waals surface area (Å²) in [6.45, 7) is 1.94. The first-order valence-corrected chi connectivity index (χ1v) is 10.5. The van der Waals surface area contributed by atoms with Crippen molar-refractivity contribution in [3.8, 4) is 0 Å². The minimum Gasteiger partial charge on any atom is -0.370 e. The molecule has 2 aromatic carbocycles. The van der Waals surface area contributed by atoms with E-state index in [1.165, 1.54) is 18.2 Å². The lowest BCUT2D eigenvalue weighted by Crippen LogP contribution is -2.72. The van der Waals surface area contributed by atoms with Crippen molar-refractivity contribution in [3.05, 3.63) is 63.2 Å². The lowest BCUT2D eigenvalue weighted by atomic mass is 9.67. The number of rotatable bonds is 4. The number of carbonyl (C=O) groups excluding carboxylic acids is 3. The molecule has 9 nitrogen and oxygen atoms in total. The number of hydrogen-bond donors (Lipinski definition) is 1. The van der Waals surface area contributed by atoms with Crippen LogP contribution in [0.25, 0.3) is 0 Å². The van der Waals surface area contributed by atoms with Gasteiger partial charge in [-0.05, 0) is 36.2 Å². The fraction of sp³-hybridized carbons (Fsp3) is 0.318. The van der Waals surface area contributed by atoms with Gasteiger partial charge in [-0.1, -0.05) is 31.0 Å².